The number of rotatable bonds is 2. The maximum absolute atomic E-state index is 9.55. The molecule has 2 nitrogen and oxygen atoms in total. The third-order valence-electron chi connectivity index (χ3n) is 4.91. The molecule has 2 rings (SSSR count). The van der Waals surface area contributed by atoms with E-state index in [1.807, 2.05) is 0 Å². The molecule has 1 atom stereocenters. The van der Waals surface area contributed by atoms with Crippen molar-refractivity contribution in [2.75, 3.05) is 13.1 Å². The molecule has 2 heteroatoms. The average molecular weight is 220 g/mol. The molecular weight excluding hydrogens is 196 g/mol. The minimum atomic E-state index is -0.106. The molecule has 0 aromatic heterocycles. The third kappa shape index (κ3) is 1.98. The van der Waals surface area contributed by atoms with Crippen molar-refractivity contribution >= 4 is 0 Å². The fraction of sp³-hybridized carbons (Fsp3) is 0.929. The normalized spacial score (nSPS) is 34.8. The second-order valence-corrected chi connectivity index (χ2v) is 6.04. The van der Waals surface area contributed by atoms with Crippen LogP contribution in [0, 0.1) is 16.7 Å². The van der Waals surface area contributed by atoms with Gasteiger partial charge in [-0.1, -0.05) is 33.1 Å². The van der Waals surface area contributed by atoms with Gasteiger partial charge in [0.2, 0.25) is 0 Å². The number of hydrogen-bond donors (Lipinski definition) is 0. The summed E-state index contributed by atoms with van der Waals surface area (Å²) in [6.07, 6.45) is 8.52. The van der Waals surface area contributed by atoms with Gasteiger partial charge in [-0.05, 0) is 31.1 Å². The molecule has 1 aliphatic carbocycles. The maximum atomic E-state index is 9.55. The fourth-order valence-corrected chi connectivity index (χ4v) is 3.31. The smallest absolute Gasteiger partial charge is 0.109 e. The summed E-state index contributed by atoms with van der Waals surface area (Å²) in [4.78, 5) is 2.50. The van der Waals surface area contributed by atoms with E-state index in [1.54, 1.807) is 0 Å². The first-order valence-corrected chi connectivity index (χ1v) is 6.80. The van der Waals surface area contributed by atoms with E-state index in [2.05, 4.69) is 24.8 Å². The average Bonchev–Trinajstić information content (AvgIpc) is 2.74. The predicted octanol–water partition coefficient (Wildman–Crippen LogP) is 3.33. The van der Waals surface area contributed by atoms with Crippen LogP contribution in [0.3, 0.4) is 0 Å². The molecule has 0 amide bonds. The highest BCUT2D eigenvalue weighted by molar-refractivity contribution is 5.12. The van der Waals surface area contributed by atoms with Gasteiger partial charge in [-0.3, -0.25) is 4.90 Å². The topological polar surface area (TPSA) is 27.0 Å². The largest absolute Gasteiger partial charge is 0.285 e. The van der Waals surface area contributed by atoms with E-state index >= 15 is 0 Å². The Labute approximate surface area is 99.6 Å². The van der Waals surface area contributed by atoms with Crippen LogP contribution in [0.25, 0.3) is 0 Å². The molecule has 0 radical (unpaired) electrons. The summed E-state index contributed by atoms with van der Waals surface area (Å²) in [6, 6.07) is 2.65. The van der Waals surface area contributed by atoms with Crippen molar-refractivity contribution in [2.24, 2.45) is 5.41 Å². The van der Waals surface area contributed by atoms with Gasteiger partial charge in [0.05, 0.1) is 6.07 Å². The van der Waals surface area contributed by atoms with Crippen LogP contribution in [0.4, 0.5) is 0 Å². The van der Waals surface area contributed by atoms with E-state index in [4.69, 9.17) is 0 Å². The molecule has 0 aromatic rings. The number of hydrogen-bond acceptors (Lipinski definition) is 2. The van der Waals surface area contributed by atoms with Crippen molar-refractivity contribution in [2.45, 2.75) is 64.3 Å². The highest BCUT2D eigenvalue weighted by atomic mass is 15.2. The maximum Gasteiger partial charge on any atom is 0.109 e. The Kier molecular flexibility index (Phi) is 3.26. The molecule has 1 saturated heterocycles. The Morgan fingerprint density at radius 1 is 1.19 bits per heavy atom. The summed E-state index contributed by atoms with van der Waals surface area (Å²) >= 11 is 0. The van der Waals surface area contributed by atoms with Crippen LogP contribution in [0.1, 0.15) is 58.8 Å². The molecule has 0 aromatic carbocycles. The van der Waals surface area contributed by atoms with E-state index in [1.165, 1.54) is 32.1 Å². The zero-order chi connectivity index (χ0) is 11.6. The van der Waals surface area contributed by atoms with Gasteiger partial charge in [0.25, 0.3) is 0 Å². The molecule has 1 aliphatic heterocycles. The van der Waals surface area contributed by atoms with E-state index < -0.39 is 0 Å². The van der Waals surface area contributed by atoms with Gasteiger partial charge in [-0.2, -0.15) is 5.26 Å². The summed E-state index contributed by atoms with van der Waals surface area (Å²) in [7, 11) is 0. The molecule has 2 aliphatic rings. The highest BCUT2D eigenvalue weighted by Gasteiger charge is 2.44. The Bertz CT molecular complexity index is 286. The van der Waals surface area contributed by atoms with Crippen LogP contribution in [-0.2, 0) is 0 Å². The molecule has 1 saturated carbocycles. The van der Waals surface area contributed by atoms with Crippen LogP contribution in [0.5, 0.6) is 0 Å². The first kappa shape index (κ1) is 11.9. The standard InChI is InChI=1S/C14H24N2/c1-3-13(2)9-10-16(12-13)14(11-15)7-5-4-6-8-14/h3-10,12H2,1-2H3. The Balaban J connectivity index is 2.09. The molecule has 0 N–H and O–H groups in total. The second-order valence-electron chi connectivity index (χ2n) is 6.04. The summed E-state index contributed by atoms with van der Waals surface area (Å²) in [5.74, 6) is 0. The summed E-state index contributed by atoms with van der Waals surface area (Å²) < 4.78 is 0. The quantitative estimate of drug-likeness (QED) is 0.713. The SMILES string of the molecule is CCC1(C)CCN(C2(C#N)CCCCC2)C1. The minimum Gasteiger partial charge on any atom is -0.285 e. The van der Waals surface area contributed by atoms with Crippen molar-refractivity contribution in [3.8, 4) is 6.07 Å². The van der Waals surface area contributed by atoms with Gasteiger partial charge in [-0.25, -0.2) is 0 Å². The van der Waals surface area contributed by atoms with Crippen molar-refractivity contribution in [1.29, 1.82) is 5.26 Å². The lowest BCUT2D eigenvalue weighted by atomic mass is 9.81. The van der Waals surface area contributed by atoms with Crippen molar-refractivity contribution < 1.29 is 0 Å². The Hall–Kier alpha value is -0.550. The van der Waals surface area contributed by atoms with Gasteiger partial charge >= 0.3 is 0 Å². The van der Waals surface area contributed by atoms with Crippen molar-refractivity contribution in [3.05, 3.63) is 0 Å². The van der Waals surface area contributed by atoms with E-state index in [0.29, 0.717) is 5.41 Å². The van der Waals surface area contributed by atoms with E-state index in [-0.39, 0.29) is 5.54 Å². The number of nitrogens with zero attached hydrogens (tertiary/aromatic N) is 2. The van der Waals surface area contributed by atoms with Gasteiger partial charge < -0.3 is 0 Å². The highest BCUT2D eigenvalue weighted by Crippen LogP contribution is 2.41. The van der Waals surface area contributed by atoms with Gasteiger partial charge in [0, 0.05) is 13.1 Å². The first-order valence-electron chi connectivity index (χ1n) is 6.80. The zero-order valence-corrected chi connectivity index (χ0v) is 10.8. The first-order chi connectivity index (χ1) is 7.64. The lowest BCUT2D eigenvalue weighted by Gasteiger charge is -2.40. The molecule has 2 fully saturated rings. The molecule has 0 bridgehead atoms. The second kappa shape index (κ2) is 4.37. The van der Waals surface area contributed by atoms with Gasteiger partial charge in [-0.15, -0.1) is 0 Å². The molecule has 1 unspecified atom stereocenters. The van der Waals surface area contributed by atoms with Crippen molar-refractivity contribution in [3.63, 3.8) is 0 Å². The lowest BCUT2D eigenvalue weighted by Crippen LogP contribution is -2.48. The minimum absolute atomic E-state index is 0.106. The summed E-state index contributed by atoms with van der Waals surface area (Å²) in [5, 5.41) is 9.55. The Morgan fingerprint density at radius 2 is 1.88 bits per heavy atom. The zero-order valence-electron chi connectivity index (χ0n) is 10.8. The predicted molar refractivity (Wildman–Crippen MR) is 66.0 cm³/mol. The van der Waals surface area contributed by atoms with Crippen molar-refractivity contribution in [1.82, 2.24) is 4.90 Å². The van der Waals surface area contributed by atoms with E-state index in [9.17, 15) is 5.26 Å². The number of likely N-dealkylation sites (tertiary alicyclic amines) is 1. The lowest BCUT2D eigenvalue weighted by molar-refractivity contribution is 0.111. The molecule has 1 heterocycles. The summed E-state index contributed by atoms with van der Waals surface area (Å²) in [6.45, 7) is 6.93. The van der Waals surface area contributed by atoms with Crippen LogP contribution in [0.15, 0.2) is 0 Å². The Morgan fingerprint density at radius 3 is 2.38 bits per heavy atom. The monoisotopic (exact) mass is 220 g/mol. The molecular formula is C14H24N2. The van der Waals surface area contributed by atoms with E-state index in [0.717, 1.165) is 25.9 Å². The van der Waals surface area contributed by atoms with Crippen LogP contribution < -0.4 is 0 Å². The molecule has 90 valence electrons. The summed E-state index contributed by atoms with van der Waals surface area (Å²) in [5.41, 5.74) is 0.354. The van der Waals surface area contributed by atoms with Crippen LogP contribution in [0.2, 0.25) is 0 Å². The third-order valence-corrected chi connectivity index (χ3v) is 4.91. The van der Waals surface area contributed by atoms with Gasteiger partial charge in [0.1, 0.15) is 5.54 Å². The fourth-order valence-electron chi connectivity index (χ4n) is 3.31. The molecule has 16 heavy (non-hydrogen) atoms. The van der Waals surface area contributed by atoms with Crippen LogP contribution in [-0.4, -0.2) is 23.5 Å². The number of nitriles is 1. The van der Waals surface area contributed by atoms with Gasteiger partial charge in [0.15, 0.2) is 0 Å². The van der Waals surface area contributed by atoms with Crippen LogP contribution >= 0.6 is 0 Å². The molecule has 0 spiro atoms.